The summed E-state index contributed by atoms with van der Waals surface area (Å²) in [6.07, 6.45) is -1.10. The number of phenolic OH excluding ortho intramolecular Hbond substituents is 1. The van der Waals surface area contributed by atoms with Gasteiger partial charge in [-0.15, -0.1) is 0 Å². The van der Waals surface area contributed by atoms with Crippen molar-refractivity contribution in [1.82, 2.24) is 20.5 Å². The number of para-hydroxylation sites is 1. The second kappa shape index (κ2) is 15.8. The van der Waals surface area contributed by atoms with E-state index in [9.17, 15) is 29.4 Å². The van der Waals surface area contributed by atoms with Crippen LogP contribution in [0.4, 0.5) is 0 Å². The number of nitrogens with one attached hydrogen (secondary N) is 3. The molecular weight excluding hydrogens is 680 g/mol. The maximum atomic E-state index is 14.3. The van der Waals surface area contributed by atoms with E-state index in [1.807, 2.05) is 31.2 Å². The molecule has 1 aliphatic rings. The van der Waals surface area contributed by atoms with Gasteiger partial charge in [-0.05, 0) is 83.4 Å². The third kappa shape index (κ3) is 8.84. The minimum Gasteiger partial charge on any atom is -0.508 e. The zero-order chi connectivity index (χ0) is 35.3. The summed E-state index contributed by atoms with van der Waals surface area (Å²) in [7, 11) is 1.51. The van der Waals surface area contributed by atoms with Crippen molar-refractivity contribution in [3.63, 3.8) is 0 Å². The first-order chi connectivity index (χ1) is 22.7. The highest BCUT2D eigenvalue weighted by molar-refractivity contribution is 9.10. The number of H-pyrrole nitrogens is 1. The lowest BCUT2D eigenvalue weighted by Crippen LogP contribution is -2.55. The molecule has 48 heavy (non-hydrogen) atoms. The number of aromatic hydroxyl groups is 1. The monoisotopic (exact) mass is 724 g/mol. The van der Waals surface area contributed by atoms with Gasteiger partial charge in [0.1, 0.15) is 17.8 Å². The first kappa shape index (κ1) is 36.7. The van der Waals surface area contributed by atoms with Gasteiger partial charge in [-0.3, -0.25) is 19.2 Å². The fourth-order valence-electron chi connectivity index (χ4n) is 6.22. The number of carbonyl (C=O) groups is 4. The second-order valence-corrected chi connectivity index (χ2v) is 13.7. The van der Waals surface area contributed by atoms with Gasteiger partial charge in [0.05, 0.1) is 29.3 Å². The van der Waals surface area contributed by atoms with Gasteiger partial charge < -0.3 is 35.5 Å². The van der Waals surface area contributed by atoms with Gasteiger partial charge in [-0.2, -0.15) is 0 Å². The Balaban J connectivity index is 1.74. The number of rotatable bonds is 3. The summed E-state index contributed by atoms with van der Waals surface area (Å²) in [5, 5.41) is 27.5. The molecule has 0 aliphatic carbocycles. The lowest BCUT2D eigenvalue weighted by atomic mass is 9.88. The van der Waals surface area contributed by atoms with Gasteiger partial charge in [0, 0.05) is 30.3 Å². The molecule has 3 aromatic rings. The number of hydrogen-bond donors (Lipinski definition) is 5. The summed E-state index contributed by atoms with van der Waals surface area (Å²) in [5.41, 5.74) is 2.63. The van der Waals surface area contributed by atoms with E-state index in [4.69, 9.17) is 4.74 Å². The molecule has 1 unspecified atom stereocenters. The van der Waals surface area contributed by atoms with Gasteiger partial charge in [-0.25, -0.2) is 0 Å². The van der Waals surface area contributed by atoms with Crippen LogP contribution in [-0.2, 0) is 30.3 Å². The second-order valence-electron chi connectivity index (χ2n) is 12.9. The third-order valence-electron chi connectivity index (χ3n) is 9.00. The SMILES string of the molecule is C=C1C[C@H](C)C(=O)N[C@@H](C)C(=O)N(C)[C@H](Cc2c(Br)[nH]c3ccccc23)C(=O)N[C@@H](c2ccc(O)cc2)CC(=O)O[C@@H](C)C[C@@H](C)C1O. The van der Waals surface area contributed by atoms with Gasteiger partial charge >= 0.3 is 5.97 Å². The highest BCUT2D eigenvalue weighted by Gasteiger charge is 2.35. The molecule has 1 fully saturated rings. The van der Waals surface area contributed by atoms with Crippen LogP contribution < -0.4 is 10.6 Å². The van der Waals surface area contributed by atoms with Crippen molar-refractivity contribution < 1.29 is 34.1 Å². The van der Waals surface area contributed by atoms with Crippen molar-refractivity contribution in [2.75, 3.05) is 7.05 Å². The van der Waals surface area contributed by atoms with Crippen LogP contribution in [0.5, 0.6) is 5.75 Å². The van der Waals surface area contributed by atoms with E-state index in [1.165, 1.54) is 24.1 Å². The van der Waals surface area contributed by atoms with E-state index in [1.54, 1.807) is 32.9 Å². The Bertz CT molecular complexity index is 1660. The molecule has 3 amide bonds. The molecule has 1 aliphatic heterocycles. The van der Waals surface area contributed by atoms with E-state index >= 15 is 0 Å². The smallest absolute Gasteiger partial charge is 0.308 e. The molecular formula is C36H45BrN4O7. The number of phenols is 1. The third-order valence-corrected chi connectivity index (χ3v) is 9.68. The molecule has 0 saturated carbocycles. The summed E-state index contributed by atoms with van der Waals surface area (Å²) in [5.74, 6) is -2.89. The number of amides is 3. The van der Waals surface area contributed by atoms with Gasteiger partial charge in [0.2, 0.25) is 17.7 Å². The fraction of sp³-hybridized carbons (Fsp3) is 0.444. The standard InChI is InChI=1S/C36H45BrN4O7/c1-19-15-21(3)34(45)38-23(5)36(47)41(6)30(17-27-26-9-7-8-10-28(26)39-33(27)37)35(46)40-29(24-11-13-25(42)14-12-24)18-31(43)48-22(4)16-20(2)32(19)44/h7-14,20-23,29-30,32,39,42,44H,1,15-18H2,2-6H3,(H,38,45)(H,40,46)/t20-,21+,22+,23+,29-,30-,32?/m1/s1. The number of likely N-dealkylation sites (N-methyl/N-ethyl adjacent to an activating group) is 1. The maximum Gasteiger partial charge on any atom is 0.308 e. The number of nitrogens with zero attached hydrogens (tertiary/aromatic N) is 1. The number of aliphatic hydroxyl groups excluding tert-OH is 1. The Labute approximate surface area is 289 Å². The van der Waals surface area contributed by atoms with Crippen molar-refractivity contribution in [3.05, 3.63) is 76.4 Å². The zero-order valence-corrected chi connectivity index (χ0v) is 29.5. The van der Waals surface area contributed by atoms with Crippen molar-refractivity contribution in [3.8, 4) is 5.75 Å². The summed E-state index contributed by atoms with van der Waals surface area (Å²) < 4.78 is 6.39. The molecule has 0 bridgehead atoms. The number of cyclic esters (lactones) is 1. The molecule has 5 N–H and O–H groups in total. The number of halogens is 1. The molecule has 2 heterocycles. The summed E-state index contributed by atoms with van der Waals surface area (Å²) in [6.45, 7) is 10.8. The average molecular weight is 726 g/mol. The summed E-state index contributed by atoms with van der Waals surface area (Å²) in [4.78, 5) is 59.2. The lowest BCUT2D eigenvalue weighted by Gasteiger charge is -2.31. The van der Waals surface area contributed by atoms with Crippen molar-refractivity contribution in [2.24, 2.45) is 11.8 Å². The van der Waals surface area contributed by atoms with Crippen LogP contribution in [0, 0.1) is 11.8 Å². The maximum absolute atomic E-state index is 14.3. The summed E-state index contributed by atoms with van der Waals surface area (Å²) >= 11 is 3.58. The normalized spacial score (nSPS) is 27.4. The van der Waals surface area contributed by atoms with E-state index in [0.29, 0.717) is 22.2 Å². The number of carbonyl (C=O) groups excluding carboxylic acids is 4. The predicted molar refractivity (Wildman–Crippen MR) is 186 cm³/mol. The number of benzene rings is 2. The van der Waals surface area contributed by atoms with Crippen molar-refractivity contribution in [2.45, 2.75) is 83.7 Å². The average Bonchev–Trinajstić information content (AvgIpc) is 3.35. The minimum atomic E-state index is -1.06. The quantitative estimate of drug-likeness (QED) is 0.194. The number of aromatic nitrogens is 1. The van der Waals surface area contributed by atoms with Crippen LogP contribution in [-0.4, -0.2) is 75.1 Å². The van der Waals surface area contributed by atoms with Gasteiger partial charge in [0.25, 0.3) is 0 Å². The molecule has 0 radical (unpaired) electrons. The highest BCUT2D eigenvalue weighted by Crippen LogP contribution is 2.30. The molecule has 7 atom stereocenters. The largest absolute Gasteiger partial charge is 0.508 e. The first-order valence-electron chi connectivity index (χ1n) is 16.1. The molecule has 4 rings (SSSR count). The Morgan fingerprint density at radius 1 is 0.958 bits per heavy atom. The number of aliphatic hydroxyl groups is 1. The highest BCUT2D eigenvalue weighted by atomic mass is 79.9. The molecule has 1 saturated heterocycles. The van der Waals surface area contributed by atoms with Crippen LogP contribution in [0.25, 0.3) is 10.9 Å². The zero-order valence-electron chi connectivity index (χ0n) is 28.0. The van der Waals surface area contributed by atoms with E-state index in [-0.39, 0.29) is 30.9 Å². The van der Waals surface area contributed by atoms with Crippen LogP contribution in [0.1, 0.15) is 64.1 Å². The van der Waals surface area contributed by atoms with Gasteiger partial charge in [-0.1, -0.05) is 50.8 Å². The molecule has 2 aromatic carbocycles. The molecule has 1 aromatic heterocycles. The number of fused-ring (bicyclic) bond motifs is 1. The summed E-state index contributed by atoms with van der Waals surface area (Å²) in [6, 6.07) is 10.8. The molecule has 0 spiro atoms. The van der Waals surface area contributed by atoms with Crippen LogP contribution in [0.2, 0.25) is 0 Å². The van der Waals surface area contributed by atoms with Crippen molar-refractivity contribution >= 4 is 50.5 Å². The predicted octanol–water partition coefficient (Wildman–Crippen LogP) is 4.67. The molecule has 11 nitrogen and oxygen atoms in total. The molecule has 258 valence electrons. The van der Waals surface area contributed by atoms with Crippen LogP contribution in [0.3, 0.4) is 0 Å². The van der Waals surface area contributed by atoms with Crippen LogP contribution in [0.15, 0.2) is 65.3 Å². The number of aromatic amines is 1. The Hall–Kier alpha value is -4.16. The Morgan fingerprint density at radius 3 is 2.31 bits per heavy atom. The Kier molecular flexibility index (Phi) is 12.1. The first-order valence-corrected chi connectivity index (χ1v) is 16.9. The number of hydrogen-bond acceptors (Lipinski definition) is 7. The van der Waals surface area contributed by atoms with Crippen LogP contribution >= 0.6 is 15.9 Å². The number of ether oxygens (including phenoxy) is 1. The fourth-order valence-corrected chi connectivity index (χ4v) is 6.81. The van der Waals surface area contributed by atoms with Crippen molar-refractivity contribution in [1.29, 1.82) is 0 Å². The van der Waals surface area contributed by atoms with E-state index in [2.05, 4.69) is 38.1 Å². The Morgan fingerprint density at radius 2 is 1.62 bits per heavy atom. The topological polar surface area (TPSA) is 161 Å². The molecule has 12 heteroatoms. The lowest BCUT2D eigenvalue weighted by molar-refractivity contribution is -0.150. The van der Waals surface area contributed by atoms with E-state index in [0.717, 1.165) is 16.5 Å². The number of esters is 1. The van der Waals surface area contributed by atoms with E-state index < -0.39 is 59.9 Å². The minimum absolute atomic E-state index is 0.0178. The van der Waals surface area contributed by atoms with Gasteiger partial charge in [0.15, 0.2) is 0 Å².